The van der Waals surface area contributed by atoms with Crippen LogP contribution < -0.4 is 5.32 Å². The Labute approximate surface area is 123 Å². The summed E-state index contributed by atoms with van der Waals surface area (Å²) in [5, 5.41) is 3.29. The zero-order valence-corrected chi connectivity index (χ0v) is 12.2. The highest BCUT2D eigenvalue weighted by Gasteiger charge is 2.10. The van der Waals surface area contributed by atoms with Gasteiger partial charge in [-0.2, -0.15) is 0 Å². The molecular weight excluding hydrogens is 274 g/mol. The van der Waals surface area contributed by atoms with E-state index in [0.717, 1.165) is 16.8 Å². The Bertz CT molecular complexity index is 626. The van der Waals surface area contributed by atoms with Crippen molar-refractivity contribution in [3.8, 4) is 0 Å². The van der Waals surface area contributed by atoms with Gasteiger partial charge in [0.15, 0.2) is 0 Å². The van der Waals surface area contributed by atoms with Crippen LogP contribution in [0.5, 0.6) is 0 Å². The quantitative estimate of drug-likeness (QED) is 0.922. The zero-order chi connectivity index (χ0) is 14.5. The predicted molar refractivity (Wildman–Crippen MR) is 81.3 cm³/mol. The van der Waals surface area contributed by atoms with E-state index in [9.17, 15) is 4.79 Å². The summed E-state index contributed by atoms with van der Waals surface area (Å²) >= 11 is 6.09. The lowest BCUT2D eigenvalue weighted by molar-refractivity contribution is 0.102. The second kappa shape index (κ2) is 6.55. The molecule has 2 aromatic rings. The highest BCUT2D eigenvalue weighted by molar-refractivity contribution is 6.34. The van der Waals surface area contributed by atoms with Gasteiger partial charge in [-0.1, -0.05) is 29.8 Å². The first kappa shape index (κ1) is 14.6. The third kappa shape index (κ3) is 3.59. The van der Waals surface area contributed by atoms with Gasteiger partial charge in [-0.25, -0.2) is 0 Å². The topological polar surface area (TPSA) is 38.3 Å². The van der Waals surface area contributed by atoms with E-state index in [-0.39, 0.29) is 5.91 Å². The average Bonchev–Trinajstić information content (AvgIpc) is 2.39. The largest absolute Gasteiger partial charge is 0.380 e. The number of amides is 1. The zero-order valence-electron chi connectivity index (χ0n) is 11.4. The molecule has 0 saturated carbocycles. The van der Waals surface area contributed by atoms with Gasteiger partial charge in [0.05, 0.1) is 17.2 Å². The predicted octanol–water partition coefficient (Wildman–Crippen LogP) is 4.05. The maximum absolute atomic E-state index is 12.2. The van der Waals surface area contributed by atoms with Gasteiger partial charge < -0.3 is 10.1 Å². The fourth-order valence-electron chi connectivity index (χ4n) is 1.91. The Kier molecular flexibility index (Phi) is 4.77. The minimum Gasteiger partial charge on any atom is -0.380 e. The molecule has 1 amide bonds. The summed E-state index contributed by atoms with van der Waals surface area (Å²) in [5.41, 5.74) is 3.21. The van der Waals surface area contributed by atoms with Gasteiger partial charge in [0.1, 0.15) is 0 Å². The molecule has 0 aliphatic carbocycles. The number of aryl methyl sites for hydroxylation is 1. The Hall–Kier alpha value is -1.84. The maximum Gasteiger partial charge on any atom is 0.257 e. The van der Waals surface area contributed by atoms with Gasteiger partial charge in [-0.3, -0.25) is 4.79 Å². The van der Waals surface area contributed by atoms with Crippen molar-refractivity contribution in [3.63, 3.8) is 0 Å². The van der Waals surface area contributed by atoms with Crippen LogP contribution in [0.2, 0.25) is 5.02 Å². The summed E-state index contributed by atoms with van der Waals surface area (Å²) in [4.78, 5) is 12.2. The number of methoxy groups -OCH3 is 1. The van der Waals surface area contributed by atoms with Crippen molar-refractivity contribution in [2.24, 2.45) is 0 Å². The average molecular weight is 290 g/mol. The van der Waals surface area contributed by atoms with Crippen LogP contribution in [0.25, 0.3) is 0 Å². The molecule has 0 aromatic heterocycles. The highest BCUT2D eigenvalue weighted by Crippen LogP contribution is 2.19. The van der Waals surface area contributed by atoms with Crippen LogP contribution in [0.3, 0.4) is 0 Å². The number of hydrogen-bond donors (Lipinski definition) is 1. The number of anilines is 1. The van der Waals surface area contributed by atoms with E-state index in [4.69, 9.17) is 16.3 Å². The number of benzene rings is 2. The first-order valence-corrected chi connectivity index (χ1v) is 6.63. The fraction of sp³-hybridized carbons (Fsp3) is 0.188. The molecule has 0 saturated heterocycles. The van der Waals surface area contributed by atoms with Crippen LogP contribution in [0.4, 0.5) is 5.69 Å². The molecule has 0 atom stereocenters. The Balaban J connectivity index is 2.17. The molecule has 0 unspecified atom stereocenters. The SMILES string of the molecule is COCc1cccc(NC(=O)c2ccc(C)cc2Cl)c1. The van der Waals surface area contributed by atoms with Gasteiger partial charge in [0.25, 0.3) is 5.91 Å². The van der Waals surface area contributed by atoms with Crippen molar-refractivity contribution < 1.29 is 9.53 Å². The van der Waals surface area contributed by atoms with Crippen LogP contribution in [0.15, 0.2) is 42.5 Å². The van der Waals surface area contributed by atoms with Gasteiger partial charge in [-0.15, -0.1) is 0 Å². The lowest BCUT2D eigenvalue weighted by Crippen LogP contribution is -2.12. The van der Waals surface area contributed by atoms with Gasteiger partial charge in [-0.05, 0) is 42.3 Å². The molecular formula is C16H16ClNO2. The Morgan fingerprint density at radius 2 is 2.05 bits per heavy atom. The van der Waals surface area contributed by atoms with Crippen molar-refractivity contribution in [3.05, 3.63) is 64.2 Å². The monoisotopic (exact) mass is 289 g/mol. The standard InChI is InChI=1S/C16H16ClNO2/c1-11-6-7-14(15(17)8-11)16(19)18-13-5-3-4-12(9-13)10-20-2/h3-9H,10H2,1-2H3,(H,18,19). The van der Waals surface area contributed by atoms with E-state index < -0.39 is 0 Å². The number of rotatable bonds is 4. The molecule has 1 N–H and O–H groups in total. The number of carbonyl (C=O) groups excluding carboxylic acids is 1. The van der Waals surface area contributed by atoms with Gasteiger partial charge in [0, 0.05) is 12.8 Å². The number of carbonyl (C=O) groups is 1. The number of ether oxygens (including phenoxy) is 1. The first-order valence-electron chi connectivity index (χ1n) is 6.25. The second-order valence-electron chi connectivity index (χ2n) is 4.57. The van der Waals surface area contributed by atoms with Crippen molar-refractivity contribution in [2.75, 3.05) is 12.4 Å². The van der Waals surface area contributed by atoms with E-state index in [1.54, 1.807) is 19.2 Å². The molecule has 0 fully saturated rings. The van der Waals surface area contributed by atoms with Crippen LogP contribution in [0.1, 0.15) is 21.5 Å². The molecule has 0 heterocycles. The fourth-order valence-corrected chi connectivity index (χ4v) is 2.23. The molecule has 0 radical (unpaired) electrons. The molecule has 2 rings (SSSR count). The summed E-state index contributed by atoms with van der Waals surface area (Å²) in [6, 6.07) is 12.9. The highest BCUT2D eigenvalue weighted by atomic mass is 35.5. The smallest absolute Gasteiger partial charge is 0.257 e. The summed E-state index contributed by atoms with van der Waals surface area (Å²) < 4.78 is 5.07. The Morgan fingerprint density at radius 1 is 1.25 bits per heavy atom. The molecule has 0 spiro atoms. The number of hydrogen-bond acceptors (Lipinski definition) is 2. The van der Waals surface area contributed by atoms with Gasteiger partial charge in [0.2, 0.25) is 0 Å². The van der Waals surface area contributed by atoms with E-state index in [0.29, 0.717) is 17.2 Å². The minimum atomic E-state index is -0.218. The lowest BCUT2D eigenvalue weighted by Gasteiger charge is -2.09. The summed E-state index contributed by atoms with van der Waals surface area (Å²) in [6.45, 7) is 2.44. The maximum atomic E-state index is 12.2. The van der Waals surface area contributed by atoms with Crippen molar-refractivity contribution in [1.29, 1.82) is 0 Å². The molecule has 4 heteroatoms. The van der Waals surface area contributed by atoms with Crippen LogP contribution in [-0.4, -0.2) is 13.0 Å². The van der Waals surface area contributed by atoms with E-state index in [2.05, 4.69) is 5.32 Å². The molecule has 3 nitrogen and oxygen atoms in total. The second-order valence-corrected chi connectivity index (χ2v) is 4.98. The van der Waals surface area contributed by atoms with Crippen molar-refractivity contribution in [2.45, 2.75) is 13.5 Å². The minimum absolute atomic E-state index is 0.218. The molecule has 104 valence electrons. The van der Waals surface area contributed by atoms with E-state index >= 15 is 0 Å². The summed E-state index contributed by atoms with van der Waals surface area (Å²) in [6.07, 6.45) is 0. The van der Waals surface area contributed by atoms with Crippen molar-refractivity contribution in [1.82, 2.24) is 0 Å². The molecule has 2 aromatic carbocycles. The lowest BCUT2D eigenvalue weighted by atomic mass is 10.1. The normalized spacial score (nSPS) is 10.3. The molecule has 0 aliphatic heterocycles. The first-order chi connectivity index (χ1) is 9.60. The molecule has 20 heavy (non-hydrogen) atoms. The van der Waals surface area contributed by atoms with E-state index in [1.165, 1.54) is 0 Å². The molecule has 0 aliphatic rings. The summed E-state index contributed by atoms with van der Waals surface area (Å²) in [5.74, 6) is -0.218. The summed E-state index contributed by atoms with van der Waals surface area (Å²) in [7, 11) is 1.64. The molecule has 0 bridgehead atoms. The van der Waals surface area contributed by atoms with Crippen LogP contribution in [0, 0.1) is 6.92 Å². The number of halogens is 1. The Morgan fingerprint density at radius 3 is 2.75 bits per heavy atom. The van der Waals surface area contributed by atoms with Gasteiger partial charge >= 0.3 is 0 Å². The number of nitrogens with one attached hydrogen (secondary N) is 1. The third-order valence-corrected chi connectivity index (χ3v) is 3.18. The van der Waals surface area contributed by atoms with E-state index in [1.807, 2.05) is 37.3 Å². The van der Waals surface area contributed by atoms with Crippen molar-refractivity contribution >= 4 is 23.2 Å². The van der Waals surface area contributed by atoms with Crippen LogP contribution in [-0.2, 0) is 11.3 Å². The third-order valence-electron chi connectivity index (χ3n) is 2.87. The van der Waals surface area contributed by atoms with Crippen LogP contribution >= 0.6 is 11.6 Å².